The van der Waals surface area contributed by atoms with E-state index < -0.39 is 0 Å². The first-order valence-corrected chi connectivity index (χ1v) is 7.53. The lowest BCUT2D eigenvalue weighted by Gasteiger charge is -2.29. The first kappa shape index (κ1) is 13.3. The second-order valence-corrected chi connectivity index (χ2v) is 5.68. The first-order valence-electron chi connectivity index (χ1n) is 7.53. The van der Waals surface area contributed by atoms with Crippen molar-refractivity contribution in [3.63, 3.8) is 0 Å². The molecule has 1 aliphatic rings. The fourth-order valence-corrected chi connectivity index (χ4v) is 3.20. The number of nitrogens with one attached hydrogen (secondary N) is 1. The molecule has 6 nitrogen and oxygen atoms in total. The van der Waals surface area contributed by atoms with Gasteiger partial charge in [-0.3, -0.25) is 4.68 Å². The molecule has 3 aromatic rings. The van der Waals surface area contributed by atoms with Crippen LogP contribution in [0.25, 0.3) is 22.2 Å². The van der Waals surface area contributed by atoms with Gasteiger partial charge in [-0.1, -0.05) is 0 Å². The van der Waals surface area contributed by atoms with E-state index in [-0.39, 0.29) is 0 Å². The quantitative estimate of drug-likeness (QED) is 0.787. The van der Waals surface area contributed by atoms with Crippen molar-refractivity contribution in [2.45, 2.75) is 6.92 Å². The van der Waals surface area contributed by atoms with E-state index in [9.17, 15) is 0 Å². The summed E-state index contributed by atoms with van der Waals surface area (Å²) >= 11 is 0. The smallest absolute Gasteiger partial charge is 0.140 e. The largest absolute Gasteiger partial charge is 0.378 e. The molecule has 22 heavy (non-hydrogen) atoms. The van der Waals surface area contributed by atoms with Gasteiger partial charge in [-0.05, 0) is 13.0 Å². The number of rotatable bonds is 2. The summed E-state index contributed by atoms with van der Waals surface area (Å²) in [5.41, 5.74) is 5.58. The molecule has 4 heterocycles. The minimum Gasteiger partial charge on any atom is -0.378 e. The lowest BCUT2D eigenvalue weighted by molar-refractivity contribution is 0.123. The monoisotopic (exact) mass is 297 g/mol. The van der Waals surface area contributed by atoms with Gasteiger partial charge in [-0.25, -0.2) is 4.98 Å². The van der Waals surface area contributed by atoms with Gasteiger partial charge in [0.15, 0.2) is 0 Å². The number of morpholine rings is 1. The summed E-state index contributed by atoms with van der Waals surface area (Å²) in [6.45, 7) is 5.46. The Morgan fingerprint density at radius 1 is 1.27 bits per heavy atom. The van der Waals surface area contributed by atoms with Crippen molar-refractivity contribution in [3.05, 3.63) is 30.4 Å². The van der Waals surface area contributed by atoms with Crippen LogP contribution in [0.15, 0.2) is 24.7 Å². The highest BCUT2D eigenvalue weighted by atomic mass is 16.5. The summed E-state index contributed by atoms with van der Waals surface area (Å²) in [4.78, 5) is 10.3. The Morgan fingerprint density at radius 2 is 2.09 bits per heavy atom. The fraction of sp³-hybridized carbons (Fsp3) is 0.375. The highest BCUT2D eigenvalue weighted by Crippen LogP contribution is 2.37. The second-order valence-electron chi connectivity index (χ2n) is 5.68. The molecule has 3 aromatic heterocycles. The van der Waals surface area contributed by atoms with E-state index in [4.69, 9.17) is 4.74 Å². The number of aromatic nitrogens is 4. The Balaban J connectivity index is 1.94. The van der Waals surface area contributed by atoms with Crippen LogP contribution >= 0.6 is 0 Å². The third-order valence-electron chi connectivity index (χ3n) is 4.21. The van der Waals surface area contributed by atoms with Crippen molar-refractivity contribution in [2.75, 3.05) is 31.2 Å². The predicted octanol–water partition coefficient (Wildman–Crippen LogP) is 2.11. The Labute approximate surface area is 128 Å². The zero-order valence-electron chi connectivity index (χ0n) is 12.8. The van der Waals surface area contributed by atoms with Crippen molar-refractivity contribution in [2.24, 2.45) is 7.05 Å². The van der Waals surface area contributed by atoms with Crippen LogP contribution in [0.2, 0.25) is 0 Å². The molecule has 0 unspecified atom stereocenters. The summed E-state index contributed by atoms with van der Waals surface area (Å²) in [5, 5.41) is 5.49. The molecule has 0 atom stereocenters. The van der Waals surface area contributed by atoms with Gasteiger partial charge in [-0.15, -0.1) is 0 Å². The number of aryl methyl sites for hydroxylation is 2. The molecule has 1 aliphatic heterocycles. The molecule has 0 amide bonds. The molecule has 0 saturated carbocycles. The molecule has 0 spiro atoms. The maximum Gasteiger partial charge on any atom is 0.140 e. The maximum absolute atomic E-state index is 5.48. The SMILES string of the molecule is Cc1[nH]c2nccc(N3CCOCC3)c2c1-c1cnn(C)c1. The van der Waals surface area contributed by atoms with Crippen LogP contribution in [0, 0.1) is 6.92 Å². The molecule has 1 fully saturated rings. The summed E-state index contributed by atoms with van der Waals surface area (Å²) in [6, 6.07) is 2.10. The lowest BCUT2D eigenvalue weighted by Crippen LogP contribution is -2.36. The van der Waals surface area contributed by atoms with Gasteiger partial charge in [0.25, 0.3) is 0 Å². The van der Waals surface area contributed by atoms with Gasteiger partial charge < -0.3 is 14.6 Å². The molecule has 0 bridgehead atoms. The van der Waals surface area contributed by atoms with Crippen LogP contribution < -0.4 is 4.90 Å². The number of pyridine rings is 1. The molecule has 0 aromatic carbocycles. The minimum absolute atomic E-state index is 0.773. The van der Waals surface area contributed by atoms with Crippen LogP contribution in [-0.2, 0) is 11.8 Å². The number of hydrogen-bond acceptors (Lipinski definition) is 4. The van der Waals surface area contributed by atoms with Gasteiger partial charge in [0, 0.05) is 49.4 Å². The minimum atomic E-state index is 0.773. The number of aromatic amines is 1. The number of ether oxygens (including phenoxy) is 1. The van der Waals surface area contributed by atoms with E-state index >= 15 is 0 Å². The zero-order chi connectivity index (χ0) is 15.1. The molecular weight excluding hydrogens is 278 g/mol. The van der Waals surface area contributed by atoms with E-state index in [0.717, 1.165) is 43.2 Å². The van der Waals surface area contributed by atoms with Crippen molar-refractivity contribution in [3.8, 4) is 11.1 Å². The molecule has 1 N–H and O–H groups in total. The van der Waals surface area contributed by atoms with Crippen molar-refractivity contribution in [1.29, 1.82) is 0 Å². The van der Waals surface area contributed by atoms with Gasteiger partial charge in [-0.2, -0.15) is 5.10 Å². The van der Waals surface area contributed by atoms with E-state index in [1.54, 1.807) is 0 Å². The number of H-pyrrole nitrogens is 1. The molecule has 4 rings (SSSR count). The van der Waals surface area contributed by atoms with Gasteiger partial charge >= 0.3 is 0 Å². The van der Waals surface area contributed by atoms with Crippen molar-refractivity contribution in [1.82, 2.24) is 19.7 Å². The van der Waals surface area contributed by atoms with E-state index in [1.165, 1.54) is 16.6 Å². The Morgan fingerprint density at radius 3 is 2.82 bits per heavy atom. The van der Waals surface area contributed by atoms with Gasteiger partial charge in [0.1, 0.15) is 5.65 Å². The highest BCUT2D eigenvalue weighted by Gasteiger charge is 2.20. The van der Waals surface area contributed by atoms with Gasteiger partial charge in [0.2, 0.25) is 0 Å². The fourth-order valence-electron chi connectivity index (χ4n) is 3.20. The first-order chi connectivity index (χ1) is 10.7. The molecule has 0 radical (unpaired) electrons. The van der Waals surface area contributed by atoms with Crippen LogP contribution in [0.4, 0.5) is 5.69 Å². The lowest BCUT2D eigenvalue weighted by atomic mass is 10.0. The molecular formula is C16H19N5O. The molecule has 0 aliphatic carbocycles. The topological polar surface area (TPSA) is 59.0 Å². The second kappa shape index (κ2) is 5.14. The number of nitrogens with zero attached hydrogens (tertiary/aromatic N) is 4. The number of fused-ring (bicyclic) bond motifs is 1. The average molecular weight is 297 g/mol. The number of hydrogen-bond donors (Lipinski definition) is 1. The van der Waals surface area contributed by atoms with Crippen LogP contribution in [0.5, 0.6) is 0 Å². The summed E-state index contributed by atoms with van der Waals surface area (Å²) in [6.07, 6.45) is 5.83. The third-order valence-corrected chi connectivity index (χ3v) is 4.21. The zero-order valence-corrected chi connectivity index (χ0v) is 12.8. The Hall–Kier alpha value is -2.34. The van der Waals surface area contributed by atoms with Crippen LogP contribution in [0.1, 0.15) is 5.69 Å². The third kappa shape index (κ3) is 2.07. The van der Waals surface area contributed by atoms with Crippen molar-refractivity contribution < 1.29 is 4.74 Å². The average Bonchev–Trinajstić information content (AvgIpc) is 3.10. The summed E-state index contributed by atoms with van der Waals surface area (Å²) < 4.78 is 7.31. The van der Waals surface area contributed by atoms with Crippen molar-refractivity contribution >= 4 is 16.7 Å². The summed E-state index contributed by atoms with van der Waals surface area (Å²) in [5.74, 6) is 0. The summed E-state index contributed by atoms with van der Waals surface area (Å²) in [7, 11) is 1.94. The highest BCUT2D eigenvalue weighted by molar-refractivity contribution is 6.03. The van der Waals surface area contributed by atoms with E-state index in [1.807, 2.05) is 30.3 Å². The normalized spacial score (nSPS) is 15.6. The number of anilines is 1. The van der Waals surface area contributed by atoms with Crippen LogP contribution in [-0.4, -0.2) is 46.1 Å². The van der Waals surface area contributed by atoms with Crippen LogP contribution in [0.3, 0.4) is 0 Å². The molecule has 1 saturated heterocycles. The Kier molecular flexibility index (Phi) is 3.11. The Bertz CT molecular complexity index is 813. The molecule has 114 valence electrons. The van der Waals surface area contributed by atoms with Gasteiger partial charge in [0.05, 0.1) is 30.5 Å². The standard InChI is InChI=1S/C16H19N5O/c1-11-14(12-9-18-20(2)10-12)15-13(3-4-17-16(15)19-11)21-5-7-22-8-6-21/h3-4,9-10H,5-8H2,1-2H3,(H,17,19). The molecule has 6 heteroatoms. The predicted molar refractivity (Wildman–Crippen MR) is 86.1 cm³/mol. The van der Waals surface area contributed by atoms with E-state index in [2.05, 4.69) is 33.0 Å². The van der Waals surface area contributed by atoms with E-state index in [0.29, 0.717) is 0 Å². The maximum atomic E-state index is 5.48.